The highest BCUT2D eigenvalue weighted by Gasteiger charge is 2.07. The number of fused-ring (bicyclic) bond motifs is 1. The first-order chi connectivity index (χ1) is 16.2. The van der Waals surface area contributed by atoms with E-state index in [4.69, 9.17) is 19.2 Å². The minimum Gasteiger partial charge on any atom is -0.487 e. The second-order valence-electron chi connectivity index (χ2n) is 7.30. The molecule has 0 fully saturated rings. The zero-order valence-corrected chi connectivity index (χ0v) is 18.4. The average Bonchev–Trinajstić information content (AvgIpc) is 2.86. The molecule has 0 aliphatic carbocycles. The summed E-state index contributed by atoms with van der Waals surface area (Å²) in [6.07, 6.45) is 3.84. The quantitative estimate of drug-likeness (QED) is 0.303. The maximum Gasteiger partial charge on any atom is 0.344 e. The predicted octanol–water partition coefficient (Wildman–Crippen LogP) is 5.93. The monoisotopic (exact) mass is 439 g/mol. The van der Waals surface area contributed by atoms with Gasteiger partial charge in [0.15, 0.2) is 6.61 Å². The number of aromatic nitrogens is 1. The first-order valence-electron chi connectivity index (χ1n) is 10.8. The highest BCUT2D eigenvalue weighted by atomic mass is 16.6. The van der Waals surface area contributed by atoms with Gasteiger partial charge in [-0.1, -0.05) is 66.7 Å². The fourth-order valence-electron chi connectivity index (χ4n) is 3.34. The maximum atomic E-state index is 11.6. The summed E-state index contributed by atoms with van der Waals surface area (Å²) >= 11 is 0. The number of pyridine rings is 1. The van der Waals surface area contributed by atoms with Crippen molar-refractivity contribution in [2.45, 2.75) is 13.5 Å². The Balaban J connectivity index is 1.53. The Bertz CT molecular complexity index is 1250. The third kappa shape index (κ3) is 5.98. The van der Waals surface area contributed by atoms with E-state index in [1.807, 2.05) is 97.1 Å². The molecule has 0 radical (unpaired) electrons. The van der Waals surface area contributed by atoms with E-state index in [-0.39, 0.29) is 6.61 Å². The van der Waals surface area contributed by atoms with Crippen molar-refractivity contribution in [1.82, 2.24) is 4.98 Å². The smallest absolute Gasteiger partial charge is 0.344 e. The number of carbonyl (C=O) groups excluding carboxylic acids is 1. The lowest BCUT2D eigenvalue weighted by Gasteiger charge is -2.10. The van der Waals surface area contributed by atoms with Gasteiger partial charge in [0.1, 0.15) is 23.6 Å². The molecule has 1 heterocycles. The number of ether oxygens (including phenoxy) is 3. The molecule has 3 aromatic carbocycles. The summed E-state index contributed by atoms with van der Waals surface area (Å²) in [6, 6.07) is 27.5. The third-order valence-electron chi connectivity index (χ3n) is 4.95. The van der Waals surface area contributed by atoms with E-state index in [1.54, 1.807) is 6.92 Å². The Morgan fingerprint density at radius 1 is 0.818 bits per heavy atom. The van der Waals surface area contributed by atoms with E-state index in [2.05, 4.69) is 0 Å². The third-order valence-corrected chi connectivity index (χ3v) is 4.95. The van der Waals surface area contributed by atoms with Gasteiger partial charge in [-0.05, 0) is 42.8 Å². The van der Waals surface area contributed by atoms with Crippen molar-refractivity contribution in [2.24, 2.45) is 0 Å². The Morgan fingerprint density at radius 3 is 2.45 bits per heavy atom. The molecule has 0 spiro atoms. The van der Waals surface area contributed by atoms with Crippen LogP contribution in [-0.2, 0) is 16.1 Å². The molecule has 0 bridgehead atoms. The van der Waals surface area contributed by atoms with Crippen molar-refractivity contribution in [2.75, 3.05) is 13.2 Å². The summed E-state index contributed by atoms with van der Waals surface area (Å²) in [6.45, 7) is 2.44. The van der Waals surface area contributed by atoms with Crippen LogP contribution in [0.5, 0.6) is 11.5 Å². The van der Waals surface area contributed by atoms with Crippen LogP contribution in [0.1, 0.15) is 23.7 Å². The second-order valence-corrected chi connectivity index (χ2v) is 7.30. The van der Waals surface area contributed by atoms with E-state index < -0.39 is 5.97 Å². The molecule has 0 atom stereocenters. The van der Waals surface area contributed by atoms with Crippen LogP contribution in [0.4, 0.5) is 0 Å². The minimum atomic E-state index is -0.393. The van der Waals surface area contributed by atoms with Crippen molar-refractivity contribution in [1.29, 1.82) is 0 Å². The molecule has 0 saturated heterocycles. The lowest BCUT2D eigenvalue weighted by atomic mass is 10.1. The first-order valence-corrected chi connectivity index (χ1v) is 10.8. The van der Waals surface area contributed by atoms with Crippen LogP contribution < -0.4 is 9.47 Å². The van der Waals surface area contributed by atoms with Gasteiger partial charge < -0.3 is 14.2 Å². The summed E-state index contributed by atoms with van der Waals surface area (Å²) in [7, 11) is 0. The number of carbonyl (C=O) groups is 1. The number of hydrogen-bond donors (Lipinski definition) is 0. The fourth-order valence-corrected chi connectivity index (χ4v) is 3.34. The summed E-state index contributed by atoms with van der Waals surface area (Å²) in [5.74, 6) is 0.953. The molecule has 0 N–H and O–H groups in total. The number of hydrogen-bond acceptors (Lipinski definition) is 5. The second kappa shape index (κ2) is 11.0. The predicted molar refractivity (Wildman–Crippen MR) is 130 cm³/mol. The molecule has 4 aromatic rings. The van der Waals surface area contributed by atoms with Gasteiger partial charge in [-0.15, -0.1) is 0 Å². The Kier molecular flexibility index (Phi) is 7.33. The molecule has 0 saturated carbocycles. The standard InChI is InChI=1S/C28H25NO4/c1-2-31-27(30)20-33-25-13-7-6-11-22(25)15-17-24-18-16-23-12-8-14-26(28(23)29-24)32-19-21-9-4-3-5-10-21/h3-18H,2,19-20H2,1H3. The van der Waals surface area contributed by atoms with Crippen LogP contribution in [0, 0.1) is 0 Å². The van der Waals surface area contributed by atoms with E-state index in [0.717, 1.165) is 33.5 Å². The topological polar surface area (TPSA) is 57.7 Å². The molecule has 33 heavy (non-hydrogen) atoms. The molecule has 166 valence electrons. The van der Waals surface area contributed by atoms with Gasteiger partial charge in [0, 0.05) is 10.9 Å². The van der Waals surface area contributed by atoms with Crippen molar-refractivity contribution >= 4 is 29.0 Å². The molecule has 4 rings (SSSR count). The van der Waals surface area contributed by atoms with Gasteiger partial charge in [0.25, 0.3) is 0 Å². The fraction of sp³-hybridized carbons (Fsp3) is 0.143. The summed E-state index contributed by atoms with van der Waals surface area (Å²) in [5, 5.41) is 1.01. The molecule has 0 amide bonds. The summed E-state index contributed by atoms with van der Waals surface area (Å²) < 4.78 is 16.6. The molecular formula is C28H25NO4. The Hall–Kier alpha value is -4.12. The highest BCUT2D eigenvalue weighted by molar-refractivity contribution is 5.86. The van der Waals surface area contributed by atoms with Gasteiger partial charge in [-0.25, -0.2) is 9.78 Å². The van der Waals surface area contributed by atoms with Crippen LogP contribution >= 0.6 is 0 Å². The van der Waals surface area contributed by atoms with Crippen LogP contribution in [0.2, 0.25) is 0 Å². The van der Waals surface area contributed by atoms with E-state index in [1.165, 1.54) is 0 Å². The van der Waals surface area contributed by atoms with Crippen LogP contribution in [0.25, 0.3) is 23.1 Å². The molecule has 5 heteroatoms. The number of rotatable bonds is 9. The lowest BCUT2D eigenvalue weighted by Crippen LogP contribution is -2.14. The molecular weight excluding hydrogens is 414 g/mol. The van der Waals surface area contributed by atoms with Crippen molar-refractivity contribution in [3.8, 4) is 11.5 Å². The van der Waals surface area contributed by atoms with Crippen molar-refractivity contribution in [3.63, 3.8) is 0 Å². The van der Waals surface area contributed by atoms with Crippen LogP contribution in [0.15, 0.2) is 84.9 Å². The largest absolute Gasteiger partial charge is 0.487 e. The molecule has 5 nitrogen and oxygen atoms in total. The van der Waals surface area contributed by atoms with E-state index >= 15 is 0 Å². The van der Waals surface area contributed by atoms with Gasteiger partial charge >= 0.3 is 5.97 Å². The van der Waals surface area contributed by atoms with Gasteiger partial charge in [0.05, 0.1) is 12.3 Å². The van der Waals surface area contributed by atoms with E-state index in [9.17, 15) is 4.79 Å². The highest BCUT2D eigenvalue weighted by Crippen LogP contribution is 2.26. The first kappa shape index (κ1) is 22.1. The summed E-state index contributed by atoms with van der Waals surface area (Å²) in [5.41, 5.74) is 3.54. The number of esters is 1. The minimum absolute atomic E-state index is 0.130. The Morgan fingerprint density at radius 2 is 1.61 bits per heavy atom. The zero-order chi connectivity index (χ0) is 22.9. The zero-order valence-electron chi connectivity index (χ0n) is 18.4. The van der Waals surface area contributed by atoms with Crippen molar-refractivity contribution in [3.05, 3.63) is 102 Å². The van der Waals surface area contributed by atoms with Gasteiger partial charge in [-0.3, -0.25) is 0 Å². The maximum absolute atomic E-state index is 11.6. The molecule has 0 aliphatic heterocycles. The normalized spacial score (nSPS) is 10.9. The molecule has 1 aromatic heterocycles. The lowest BCUT2D eigenvalue weighted by molar-refractivity contribution is -0.145. The molecule has 0 aliphatic rings. The van der Waals surface area contributed by atoms with Gasteiger partial charge in [0.2, 0.25) is 0 Å². The number of benzene rings is 3. The Labute approximate surface area is 193 Å². The molecule has 0 unspecified atom stereocenters. The van der Waals surface area contributed by atoms with Crippen LogP contribution in [-0.4, -0.2) is 24.2 Å². The van der Waals surface area contributed by atoms with Gasteiger partial charge in [-0.2, -0.15) is 0 Å². The summed E-state index contributed by atoms with van der Waals surface area (Å²) in [4.78, 5) is 16.4. The van der Waals surface area contributed by atoms with E-state index in [0.29, 0.717) is 19.0 Å². The SMILES string of the molecule is CCOC(=O)COc1ccccc1C=Cc1ccc2cccc(OCc3ccccc3)c2n1. The number of nitrogens with zero attached hydrogens (tertiary/aromatic N) is 1. The average molecular weight is 440 g/mol. The number of para-hydroxylation sites is 2. The van der Waals surface area contributed by atoms with Crippen LogP contribution in [0.3, 0.4) is 0 Å². The van der Waals surface area contributed by atoms with Crippen molar-refractivity contribution < 1.29 is 19.0 Å².